The van der Waals surface area contributed by atoms with Crippen LogP contribution in [0, 0.1) is 12.8 Å². The number of anilines is 2. The predicted molar refractivity (Wildman–Crippen MR) is 141 cm³/mol. The van der Waals surface area contributed by atoms with Crippen LogP contribution < -0.4 is 10.2 Å². The summed E-state index contributed by atoms with van der Waals surface area (Å²) in [4.78, 5) is 30.7. The Kier molecular flexibility index (Phi) is 6.41. The van der Waals surface area contributed by atoms with Crippen LogP contribution in [0.3, 0.4) is 0 Å². The van der Waals surface area contributed by atoms with Crippen molar-refractivity contribution in [2.45, 2.75) is 33.2 Å². The van der Waals surface area contributed by atoms with Gasteiger partial charge in [0.25, 0.3) is 11.8 Å². The maximum atomic E-state index is 13.5. The van der Waals surface area contributed by atoms with E-state index in [0.29, 0.717) is 11.3 Å². The fourth-order valence-corrected chi connectivity index (χ4v) is 4.76. The van der Waals surface area contributed by atoms with Crippen LogP contribution in [0.2, 0.25) is 0 Å². The number of nitrogens with zero attached hydrogens (tertiary/aromatic N) is 2. The molecule has 0 aliphatic carbocycles. The van der Waals surface area contributed by atoms with Crippen LogP contribution in [-0.4, -0.2) is 29.8 Å². The van der Waals surface area contributed by atoms with Crippen LogP contribution >= 0.6 is 0 Å². The molecule has 0 radical (unpaired) electrons. The van der Waals surface area contributed by atoms with E-state index in [-0.39, 0.29) is 18.4 Å². The third kappa shape index (κ3) is 4.85. The van der Waals surface area contributed by atoms with Crippen molar-refractivity contribution in [3.63, 3.8) is 0 Å². The summed E-state index contributed by atoms with van der Waals surface area (Å²) in [5, 5.41) is 3.29. The molecule has 3 aromatic carbocycles. The third-order valence-electron chi connectivity index (χ3n) is 6.98. The standard InChI is InChI=1S/C30H31N3O2/c1-21-8-10-24(11-9-21)27-28(30(35)33(29(27)34)20-23-6-4-3-5-7-23)31-25-12-14-26(15-13-25)32-18-16-22(2)17-19-32/h3-15,22,31H,16-20H2,1-2H3. The number of rotatable bonds is 6. The molecule has 5 rings (SSSR count). The summed E-state index contributed by atoms with van der Waals surface area (Å²) in [6, 6.07) is 25.5. The Morgan fingerprint density at radius 3 is 2.14 bits per heavy atom. The van der Waals surface area contributed by atoms with Gasteiger partial charge in [-0.25, -0.2) is 0 Å². The van der Waals surface area contributed by atoms with Gasteiger partial charge in [0, 0.05) is 24.5 Å². The number of carbonyl (C=O) groups excluding carboxylic acids is 2. The second kappa shape index (κ2) is 9.79. The zero-order valence-corrected chi connectivity index (χ0v) is 20.3. The first kappa shape index (κ1) is 22.9. The first-order valence-electron chi connectivity index (χ1n) is 12.3. The van der Waals surface area contributed by atoms with Crippen LogP contribution in [0.1, 0.15) is 36.5 Å². The zero-order valence-electron chi connectivity index (χ0n) is 20.3. The monoisotopic (exact) mass is 465 g/mol. The largest absolute Gasteiger partial charge is 0.372 e. The molecule has 0 spiro atoms. The molecule has 2 heterocycles. The van der Waals surface area contributed by atoms with Gasteiger partial charge in [-0.1, -0.05) is 67.1 Å². The molecule has 1 fully saturated rings. The number of aryl methyl sites for hydroxylation is 1. The van der Waals surface area contributed by atoms with Crippen molar-refractivity contribution in [2.24, 2.45) is 5.92 Å². The fourth-order valence-electron chi connectivity index (χ4n) is 4.76. The molecule has 2 amide bonds. The van der Waals surface area contributed by atoms with E-state index in [9.17, 15) is 9.59 Å². The number of hydrogen-bond donors (Lipinski definition) is 1. The van der Waals surface area contributed by atoms with Crippen LogP contribution in [0.25, 0.3) is 5.57 Å². The van der Waals surface area contributed by atoms with Crippen molar-refractivity contribution in [3.8, 4) is 0 Å². The van der Waals surface area contributed by atoms with Gasteiger partial charge in [-0.15, -0.1) is 0 Å². The van der Waals surface area contributed by atoms with E-state index in [4.69, 9.17) is 0 Å². The lowest BCUT2D eigenvalue weighted by Gasteiger charge is -2.32. The summed E-state index contributed by atoms with van der Waals surface area (Å²) in [5.41, 5.74) is 5.49. The van der Waals surface area contributed by atoms with Crippen molar-refractivity contribution in [1.82, 2.24) is 4.90 Å². The van der Waals surface area contributed by atoms with Crippen LogP contribution in [-0.2, 0) is 16.1 Å². The van der Waals surface area contributed by atoms with E-state index in [1.54, 1.807) is 0 Å². The maximum absolute atomic E-state index is 13.5. The Labute approximate surface area is 207 Å². The molecule has 0 aromatic heterocycles. The Morgan fingerprint density at radius 1 is 0.829 bits per heavy atom. The topological polar surface area (TPSA) is 52.7 Å². The number of benzene rings is 3. The summed E-state index contributed by atoms with van der Waals surface area (Å²) >= 11 is 0. The Bertz CT molecular complexity index is 1240. The Balaban J connectivity index is 1.43. The molecule has 5 nitrogen and oxygen atoms in total. The van der Waals surface area contributed by atoms with Crippen LogP contribution in [0.5, 0.6) is 0 Å². The second-order valence-electron chi connectivity index (χ2n) is 9.64. The van der Waals surface area contributed by atoms with E-state index in [2.05, 4.69) is 29.3 Å². The normalized spacial score (nSPS) is 16.9. The summed E-state index contributed by atoms with van der Waals surface area (Å²) < 4.78 is 0. The molecule has 0 atom stereocenters. The number of amides is 2. The molecule has 0 bridgehead atoms. The SMILES string of the molecule is Cc1ccc(C2=C(Nc3ccc(N4CCC(C)CC4)cc3)C(=O)N(Cc3ccccc3)C2=O)cc1. The molecule has 0 unspecified atom stereocenters. The van der Waals surface area contributed by atoms with E-state index in [1.807, 2.05) is 73.7 Å². The number of hydrogen-bond acceptors (Lipinski definition) is 4. The summed E-state index contributed by atoms with van der Waals surface area (Å²) in [7, 11) is 0. The number of carbonyl (C=O) groups is 2. The van der Waals surface area contributed by atoms with Crippen molar-refractivity contribution in [3.05, 3.63) is 101 Å². The average Bonchev–Trinajstić information content (AvgIpc) is 3.10. The molecule has 5 heteroatoms. The molecular formula is C30H31N3O2. The highest BCUT2D eigenvalue weighted by Gasteiger charge is 2.39. The molecule has 2 aliphatic heterocycles. The lowest BCUT2D eigenvalue weighted by Crippen LogP contribution is -2.32. The van der Waals surface area contributed by atoms with Gasteiger partial charge in [-0.05, 0) is 61.1 Å². The number of piperidine rings is 1. The molecular weight excluding hydrogens is 434 g/mol. The smallest absolute Gasteiger partial charge is 0.278 e. The van der Waals surface area contributed by atoms with E-state index < -0.39 is 0 Å². The van der Waals surface area contributed by atoms with Gasteiger partial charge in [0.2, 0.25) is 0 Å². The van der Waals surface area contributed by atoms with E-state index in [0.717, 1.165) is 41.4 Å². The van der Waals surface area contributed by atoms with Gasteiger partial charge in [-0.3, -0.25) is 14.5 Å². The minimum absolute atomic E-state index is 0.241. The molecule has 1 N–H and O–H groups in total. The Morgan fingerprint density at radius 2 is 1.49 bits per heavy atom. The molecule has 35 heavy (non-hydrogen) atoms. The fraction of sp³-hybridized carbons (Fsp3) is 0.267. The van der Waals surface area contributed by atoms with Gasteiger partial charge in [0.15, 0.2) is 0 Å². The van der Waals surface area contributed by atoms with Crippen molar-refractivity contribution in [2.75, 3.05) is 23.3 Å². The van der Waals surface area contributed by atoms with Crippen molar-refractivity contribution in [1.29, 1.82) is 0 Å². The number of nitrogens with one attached hydrogen (secondary N) is 1. The minimum atomic E-state index is -0.302. The molecule has 0 saturated carbocycles. The third-order valence-corrected chi connectivity index (χ3v) is 6.98. The Hall–Kier alpha value is -3.86. The summed E-state index contributed by atoms with van der Waals surface area (Å²) in [6.07, 6.45) is 2.42. The zero-order chi connectivity index (χ0) is 24.4. The van der Waals surface area contributed by atoms with E-state index >= 15 is 0 Å². The van der Waals surface area contributed by atoms with Gasteiger partial charge < -0.3 is 10.2 Å². The van der Waals surface area contributed by atoms with Crippen molar-refractivity contribution >= 4 is 28.8 Å². The van der Waals surface area contributed by atoms with Gasteiger partial charge in [-0.2, -0.15) is 0 Å². The van der Waals surface area contributed by atoms with Gasteiger partial charge in [0.05, 0.1) is 12.1 Å². The average molecular weight is 466 g/mol. The van der Waals surface area contributed by atoms with Crippen LogP contribution in [0.15, 0.2) is 84.6 Å². The summed E-state index contributed by atoms with van der Waals surface area (Å²) in [5.74, 6) is 0.205. The number of imide groups is 1. The lowest BCUT2D eigenvalue weighted by molar-refractivity contribution is -0.137. The molecule has 1 saturated heterocycles. The highest BCUT2D eigenvalue weighted by molar-refractivity contribution is 6.36. The van der Waals surface area contributed by atoms with Gasteiger partial charge in [0.1, 0.15) is 5.70 Å². The first-order valence-corrected chi connectivity index (χ1v) is 12.3. The molecule has 178 valence electrons. The van der Waals surface area contributed by atoms with Crippen molar-refractivity contribution < 1.29 is 9.59 Å². The van der Waals surface area contributed by atoms with E-state index in [1.165, 1.54) is 23.4 Å². The minimum Gasteiger partial charge on any atom is -0.372 e. The molecule has 3 aromatic rings. The highest BCUT2D eigenvalue weighted by atomic mass is 16.2. The van der Waals surface area contributed by atoms with Gasteiger partial charge >= 0.3 is 0 Å². The first-order chi connectivity index (χ1) is 17.0. The predicted octanol–water partition coefficient (Wildman–Crippen LogP) is 5.62. The van der Waals surface area contributed by atoms with Crippen LogP contribution in [0.4, 0.5) is 11.4 Å². The highest BCUT2D eigenvalue weighted by Crippen LogP contribution is 2.32. The summed E-state index contributed by atoms with van der Waals surface area (Å²) in [6.45, 7) is 6.69. The maximum Gasteiger partial charge on any atom is 0.278 e. The molecule has 2 aliphatic rings. The quantitative estimate of drug-likeness (QED) is 0.480. The second-order valence-corrected chi connectivity index (χ2v) is 9.64. The lowest BCUT2D eigenvalue weighted by atomic mass is 9.99.